The van der Waals surface area contributed by atoms with Crippen LogP contribution >= 0.6 is 0 Å². The van der Waals surface area contributed by atoms with Crippen molar-refractivity contribution in [1.29, 1.82) is 0 Å². The Labute approximate surface area is 185 Å². The Hall–Kier alpha value is -2.08. The molecular weight excluding hydrogens is 360 g/mol. The van der Waals surface area contributed by atoms with Crippen LogP contribution in [-0.4, -0.2) is 0 Å². The van der Waals surface area contributed by atoms with Crippen LogP contribution in [0.4, 0.5) is 0 Å². The lowest BCUT2D eigenvalue weighted by molar-refractivity contribution is 0.462. The first-order chi connectivity index (χ1) is 14.8. The van der Waals surface area contributed by atoms with Gasteiger partial charge in [0.05, 0.1) is 0 Å². The molecule has 1 atom stereocenters. The highest BCUT2D eigenvalue weighted by Crippen LogP contribution is 2.43. The zero-order chi connectivity index (χ0) is 21.1. The van der Waals surface area contributed by atoms with Crippen molar-refractivity contribution >= 4 is 0 Å². The van der Waals surface area contributed by atoms with Crippen molar-refractivity contribution in [2.24, 2.45) is 0 Å². The molecule has 0 spiro atoms. The van der Waals surface area contributed by atoms with Crippen LogP contribution in [0.1, 0.15) is 89.2 Å². The van der Waals surface area contributed by atoms with Gasteiger partial charge in [0.2, 0.25) is 0 Å². The summed E-state index contributed by atoms with van der Waals surface area (Å²) >= 11 is 0. The lowest BCUT2D eigenvalue weighted by Crippen LogP contribution is -2.25. The summed E-state index contributed by atoms with van der Waals surface area (Å²) in [6.45, 7) is 4.59. The molecule has 0 fully saturated rings. The average molecular weight is 401 g/mol. The van der Waals surface area contributed by atoms with E-state index in [1.807, 2.05) is 0 Å². The maximum absolute atomic E-state index is 2.55. The lowest BCUT2D eigenvalue weighted by atomic mass is 9.69. The van der Waals surface area contributed by atoms with E-state index in [0.717, 1.165) is 6.42 Å². The number of aryl methyl sites for hydroxylation is 1. The molecule has 0 amide bonds. The molecule has 2 aromatic rings. The molecule has 0 radical (unpaired) electrons. The van der Waals surface area contributed by atoms with Crippen LogP contribution in [0.15, 0.2) is 72.8 Å². The third-order valence-corrected chi connectivity index (χ3v) is 6.65. The average Bonchev–Trinajstić information content (AvgIpc) is 2.80. The summed E-state index contributed by atoms with van der Waals surface area (Å²) in [5, 5.41) is 0. The van der Waals surface area contributed by atoms with Crippen LogP contribution in [0.3, 0.4) is 0 Å². The molecule has 0 saturated heterocycles. The van der Waals surface area contributed by atoms with E-state index in [2.05, 4.69) is 86.7 Å². The smallest absolute Gasteiger partial charge is 0.0176 e. The molecule has 0 saturated carbocycles. The minimum Gasteiger partial charge on any atom is -0.0833 e. The molecule has 2 aromatic carbocycles. The Balaban J connectivity index is 1.93. The van der Waals surface area contributed by atoms with Gasteiger partial charge in [0.25, 0.3) is 0 Å². The quantitative estimate of drug-likeness (QED) is 0.311. The van der Waals surface area contributed by atoms with Crippen LogP contribution in [0.5, 0.6) is 0 Å². The summed E-state index contributed by atoms with van der Waals surface area (Å²) in [4.78, 5) is 0. The largest absolute Gasteiger partial charge is 0.0833 e. The maximum Gasteiger partial charge on any atom is 0.0176 e. The van der Waals surface area contributed by atoms with Crippen LogP contribution in [-0.2, 0) is 11.8 Å². The minimum absolute atomic E-state index is 0.132. The lowest BCUT2D eigenvalue weighted by Gasteiger charge is -2.35. The summed E-state index contributed by atoms with van der Waals surface area (Å²) in [6, 6.07) is 18.3. The highest BCUT2D eigenvalue weighted by molar-refractivity contribution is 5.70. The fourth-order valence-corrected chi connectivity index (χ4v) is 4.84. The maximum atomic E-state index is 2.55. The second-order valence-corrected chi connectivity index (χ2v) is 9.01. The van der Waals surface area contributed by atoms with Crippen molar-refractivity contribution in [3.8, 4) is 11.1 Å². The zero-order valence-electron chi connectivity index (χ0n) is 19.2. The molecule has 1 aliphatic rings. The number of rotatable bonds is 12. The van der Waals surface area contributed by atoms with E-state index >= 15 is 0 Å². The third kappa shape index (κ3) is 5.97. The third-order valence-electron chi connectivity index (χ3n) is 6.65. The number of allylic oxidation sites excluding steroid dienone is 4. The standard InChI is InChI=1S/C30H40/c1-3-5-7-8-11-17-26-20-21-28(27-18-12-9-13-19-27)29(25-26)30(22-14-6-4-2)23-15-10-16-24-30/h9-10,12-13,15-16,18-21,23,25H,3-8,11,14,17,22,24H2,1-2H3/t30-/m1/s1. The molecule has 0 N–H and O–H groups in total. The van der Waals surface area contributed by atoms with Crippen molar-refractivity contribution in [1.82, 2.24) is 0 Å². The van der Waals surface area contributed by atoms with E-state index in [4.69, 9.17) is 0 Å². The first kappa shape index (κ1) is 22.6. The highest BCUT2D eigenvalue weighted by atomic mass is 14.3. The van der Waals surface area contributed by atoms with Gasteiger partial charge in [-0.2, -0.15) is 0 Å². The molecule has 0 aliphatic heterocycles. The van der Waals surface area contributed by atoms with Gasteiger partial charge >= 0.3 is 0 Å². The summed E-state index contributed by atoms with van der Waals surface area (Å²) in [6.07, 6.45) is 23.5. The van der Waals surface area contributed by atoms with E-state index in [1.165, 1.54) is 86.5 Å². The highest BCUT2D eigenvalue weighted by Gasteiger charge is 2.31. The molecule has 3 rings (SSSR count). The molecule has 160 valence electrons. The summed E-state index contributed by atoms with van der Waals surface area (Å²) in [5.74, 6) is 0. The molecule has 0 aromatic heterocycles. The number of hydrogen-bond donors (Lipinski definition) is 0. The van der Waals surface area contributed by atoms with Gasteiger partial charge in [-0.15, -0.1) is 0 Å². The normalized spacial score (nSPS) is 18.1. The molecule has 0 bridgehead atoms. The fraction of sp³-hybridized carbons (Fsp3) is 0.467. The second kappa shape index (κ2) is 11.9. The Morgan fingerprint density at radius 2 is 1.53 bits per heavy atom. The van der Waals surface area contributed by atoms with Gasteiger partial charge in [0.1, 0.15) is 0 Å². The van der Waals surface area contributed by atoms with Gasteiger partial charge in [-0.3, -0.25) is 0 Å². The molecular formula is C30H40. The first-order valence-corrected chi connectivity index (χ1v) is 12.3. The van der Waals surface area contributed by atoms with Crippen molar-refractivity contribution in [3.05, 3.63) is 84.0 Å². The predicted octanol–water partition coefficient (Wildman–Crippen LogP) is 9.20. The molecule has 0 nitrogen and oxygen atoms in total. The molecule has 0 unspecified atom stereocenters. The molecule has 30 heavy (non-hydrogen) atoms. The summed E-state index contributed by atoms with van der Waals surface area (Å²) < 4.78 is 0. The summed E-state index contributed by atoms with van der Waals surface area (Å²) in [7, 11) is 0. The van der Waals surface area contributed by atoms with Crippen LogP contribution < -0.4 is 0 Å². The van der Waals surface area contributed by atoms with E-state index in [-0.39, 0.29) is 5.41 Å². The van der Waals surface area contributed by atoms with Crippen LogP contribution in [0.25, 0.3) is 11.1 Å². The first-order valence-electron chi connectivity index (χ1n) is 12.3. The number of hydrogen-bond acceptors (Lipinski definition) is 0. The second-order valence-electron chi connectivity index (χ2n) is 9.01. The Bertz CT molecular complexity index is 811. The van der Waals surface area contributed by atoms with Crippen molar-refractivity contribution in [2.45, 2.75) is 89.9 Å². The van der Waals surface area contributed by atoms with E-state index in [0.29, 0.717) is 0 Å². The minimum atomic E-state index is 0.132. The van der Waals surface area contributed by atoms with E-state index in [9.17, 15) is 0 Å². The van der Waals surface area contributed by atoms with Gasteiger partial charge in [-0.25, -0.2) is 0 Å². The van der Waals surface area contributed by atoms with Gasteiger partial charge in [0, 0.05) is 5.41 Å². The summed E-state index contributed by atoms with van der Waals surface area (Å²) in [5.41, 5.74) is 5.95. The van der Waals surface area contributed by atoms with E-state index in [1.54, 1.807) is 0 Å². The van der Waals surface area contributed by atoms with Crippen molar-refractivity contribution in [3.63, 3.8) is 0 Å². The number of benzene rings is 2. The van der Waals surface area contributed by atoms with Gasteiger partial charge in [-0.05, 0) is 47.9 Å². The van der Waals surface area contributed by atoms with Gasteiger partial charge in [0.15, 0.2) is 0 Å². The van der Waals surface area contributed by atoms with Crippen LogP contribution in [0, 0.1) is 0 Å². The Morgan fingerprint density at radius 3 is 2.27 bits per heavy atom. The Morgan fingerprint density at radius 1 is 0.767 bits per heavy atom. The molecule has 1 aliphatic carbocycles. The zero-order valence-corrected chi connectivity index (χ0v) is 19.2. The monoisotopic (exact) mass is 400 g/mol. The fourth-order valence-electron chi connectivity index (χ4n) is 4.84. The molecule has 0 heteroatoms. The van der Waals surface area contributed by atoms with Crippen molar-refractivity contribution < 1.29 is 0 Å². The topological polar surface area (TPSA) is 0 Å². The molecule has 0 heterocycles. The van der Waals surface area contributed by atoms with Gasteiger partial charge < -0.3 is 0 Å². The van der Waals surface area contributed by atoms with E-state index < -0.39 is 0 Å². The van der Waals surface area contributed by atoms with Gasteiger partial charge in [-0.1, -0.05) is 132 Å². The SMILES string of the molecule is CCCCCCCc1ccc(-c2ccccc2)c([C@]2(CCCCC)C=CC=CC2)c1. The number of unbranched alkanes of at least 4 members (excludes halogenated alkanes) is 6. The van der Waals surface area contributed by atoms with Crippen molar-refractivity contribution in [2.75, 3.05) is 0 Å². The predicted molar refractivity (Wildman–Crippen MR) is 133 cm³/mol. The Kier molecular flexibility index (Phi) is 9.00. The van der Waals surface area contributed by atoms with Crippen LogP contribution in [0.2, 0.25) is 0 Å².